The lowest BCUT2D eigenvalue weighted by molar-refractivity contribution is 0.511. The maximum Gasteiger partial charge on any atom is 0.328 e. The number of aromatic amines is 1. The molecule has 2 rings (SSSR count). The summed E-state index contributed by atoms with van der Waals surface area (Å²) in [4.78, 5) is 25.1. The molecule has 1 heterocycles. The van der Waals surface area contributed by atoms with Gasteiger partial charge in [0.25, 0.3) is 5.56 Å². The molecule has 17 heavy (non-hydrogen) atoms. The second-order valence-electron chi connectivity index (χ2n) is 3.47. The summed E-state index contributed by atoms with van der Waals surface area (Å²) >= 11 is 0. The van der Waals surface area contributed by atoms with E-state index >= 15 is 0 Å². The maximum atomic E-state index is 13.5. The molecule has 1 aromatic carbocycles. The average molecular weight is 238 g/mol. The van der Waals surface area contributed by atoms with Crippen molar-refractivity contribution in [2.75, 3.05) is 0 Å². The minimum absolute atomic E-state index is 0.0934. The third kappa shape index (κ3) is 1.77. The highest BCUT2D eigenvalue weighted by Crippen LogP contribution is 2.20. The smallest absolute Gasteiger partial charge is 0.313 e. The molecule has 4 nitrogen and oxygen atoms in total. The largest absolute Gasteiger partial charge is 0.328 e. The van der Waals surface area contributed by atoms with E-state index in [9.17, 15) is 18.4 Å². The molecular formula is C11H8F2N2O2. The molecule has 0 fully saturated rings. The molecule has 0 bridgehead atoms. The molecule has 6 heteroatoms. The molecule has 0 saturated carbocycles. The molecule has 0 unspecified atom stereocenters. The van der Waals surface area contributed by atoms with Crippen molar-refractivity contribution in [1.29, 1.82) is 0 Å². The number of nitrogens with one attached hydrogen (secondary N) is 1. The summed E-state index contributed by atoms with van der Waals surface area (Å²) in [5.74, 6) is -2.16. The fourth-order valence-electron chi connectivity index (χ4n) is 1.47. The van der Waals surface area contributed by atoms with Crippen LogP contribution in [0.5, 0.6) is 0 Å². The van der Waals surface area contributed by atoms with E-state index in [0.29, 0.717) is 0 Å². The Labute approximate surface area is 94.2 Å². The first-order valence-corrected chi connectivity index (χ1v) is 4.75. The second-order valence-corrected chi connectivity index (χ2v) is 3.47. The molecule has 0 spiro atoms. The van der Waals surface area contributed by atoms with Crippen LogP contribution in [0.3, 0.4) is 0 Å². The number of H-pyrrole nitrogens is 1. The van der Waals surface area contributed by atoms with Gasteiger partial charge in [0.1, 0.15) is 0 Å². The topological polar surface area (TPSA) is 54.9 Å². The number of hydrogen-bond acceptors (Lipinski definition) is 2. The fourth-order valence-corrected chi connectivity index (χ4v) is 1.47. The molecular weight excluding hydrogens is 230 g/mol. The molecule has 1 aromatic heterocycles. The van der Waals surface area contributed by atoms with Gasteiger partial charge in [-0.05, 0) is 6.07 Å². The predicted octanol–water partition coefficient (Wildman–Crippen LogP) is 1.02. The molecule has 0 atom stereocenters. The maximum absolute atomic E-state index is 13.5. The third-order valence-electron chi connectivity index (χ3n) is 2.42. The Morgan fingerprint density at radius 3 is 2.59 bits per heavy atom. The summed E-state index contributed by atoms with van der Waals surface area (Å²) in [6.45, 7) is 0. The SMILES string of the molecule is Cn1c(=O)[nH]cc(-c2cccc(F)c2F)c1=O. The quantitative estimate of drug-likeness (QED) is 0.806. The van der Waals surface area contributed by atoms with E-state index in [-0.39, 0.29) is 11.1 Å². The molecule has 2 aromatic rings. The zero-order valence-corrected chi connectivity index (χ0v) is 8.83. The van der Waals surface area contributed by atoms with Crippen LogP contribution < -0.4 is 11.2 Å². The lowest BCUT2D eigenvalue weighted by atomic mass is 10.1. The van der Waals surface area contributed by atoms with Crippen molar-refractivity contribution in [1.82, 2.24) is 9.55 Å². The normalized spacial score (nSPS) is 10.5. The van der Waals surface area contributed by atoms with Gasteiger partial charge >= 0.3 is 5.69 Å². The molecule has 1 N–H and O–H groups in total. The van der Waals surface area contributed by atoms with Crippen LogP contribution in [0.25, 0.3) is 11.1 Å². The van der Waals surface area contributed by atoms with Crippen LogP contribution in [0.1, 0.15) is 0 Å². The van der Waals surface area contributed by atoms with E-state index in [4.69, 9.17) is 0 Å². The number of benzene rings is 1. The number of hydrogen-bond donors (Lipinski definition) is 1. The first-order valence-electron chi connectivity index (χ1n) is 4.75. The number of aromatic nitrogens is 2. The van der Waals surface area contributed by atoms with Crippen LogP contribution in [0, 0.1) is 11.6 Å². The van der Waals surface area contributed by atoms with Crippen molar-refractivity contribution in [3.63, 3.8) is 0 Å². The standard InChI is InChI=1S/C11H8F2N2O2/c1-15-10(16)7(5-14-11(15)17)6-3-2-4-8(12)9(6)13/h2-5H,1H3,(H,14,17). The summed E-state index contributed by atoms with van der Waals surface area (Å²) in [5, 5.41) is 0. The van der Waals surface area contributed by atoms with Crippen LogP contribution in [0.15, 0.2) is 34.0 Å². The fraction of sp³-hybridized carbons (Fsp3) is 0.0909. The Hall–Kier alpha value is -2.24. The van der Waals surface area contributed by atoms with E-state index in [0.717, 1.165) is 16.8 Å². The Balaban J connectivity index is 2.79. The highest BCUT2D eigenvalue weighted by atomic mass is 19.2. The van der Waals surface area contributed by atoms with E-state index in [1.54, 1.807) is 0 Å². The van der Waals surface area contributed by atoms with Gasteiger partial charge in [0.2, 0.25) is 0 Å². The second kappa shape index (κ2) is 3.97. The minimum atomic E-state index is -1.11. The molecule has 0 amide bonds. The highest BCUT2D eigenvalue weighted by Gasteiger charge is 2.14. The monoisotopic (exact) mass is 238 g/mol. The van der Waals surface area contributed by atoms with Gasteiger partial charge in [0, 0.05) is 18.8 Å². The molecule has 88 valence electrons. The third-order valence-corrected chi connectivity index (χ3v) is 2.42. The Morgan fingerprint density at radius 2 is 1.88 bits per heavy atom. The summed E-state index contributed by atoms with van der Waals surface area (Å²) in [5.41, 5.74) is -1.57. The average Bonchev–Trinajstić information content (AvgIpc) is 2.31. The van der Waals surface area contributed by atoms with Crippen LogP contribution in [-0.4, -0.2) is 9.55 Å². The van der Waals surface area contributed by atoms with E-state index in [1.165, 1.54) is 19.2 Å². The van der Waals surface area contributed by atoms with Crippen molar-refractivity contribution in [3.05, 3.63) is 56.9 Å². The summed E-state index contributed by atoms with van der Waals surface area (Å²) in [6.07, 6.45) is 1.07. The first kappa shape index (κ1) is 11.3. The molecule has 0 aliphatic rings. The van der Waals surface area contributed by atoms with Gasteiger partial charge in [-0.15, -0.1) is 0 Å². The van der Waals surface area contributed by atoms with Crippen LogP contribution in [-0.2, 0) is 7.05 Å². The zero-order chi connectivity index (χ0) is 12.6. The molecule has 0 saturated heterocycles. The van der Waals surface area contributed by atoms with Gasteiger partial charge in [-0.3, -0.25) is 9.36 Å². The van der Waals surface area contributed by atoms with Crippen molar-refractivity contribution in [2.45, 2.75) is 0 Å². The van der Waals surface area contributed by atoms with Crippen LogP contribution in [0.4, 0.5) is 8.78 Å². The van der Waals surface area contributed by atoms with Crippen molar-refractivity contribution < 1.29 is 8.78 Å². The van der Waals surface area contributed by atoms with Crippen molar-refractivity contribution in [2.24, 2.45) is 7.05 Å². The number of nitrogens with zero attached hydrogens (tertiary/aromatic N) is 1. The summed E-state index contributed by atoms with van der Waals surface area (Å²) in [7, 11) is 1.25. The van der Waals surface area contributed by atoms with Crippen LogP contribution >= 0.6 is 0 Å². The van der Waals surface area contributed by atoms with Gasteiger partial charge in [-0.25, -0.2) is 13.6 Å². The van der Waals surface area contributed by atoms with Gasteiger partial charge in [-0.1, -0.05) is 12.1 Å². The molecule has 0 aliphatic carbocycles. The first-order chi connectivity index (χ1) is 8.02. The Bertz CT molecular complexity index is 689. The highest BCUT2D eigenvalue weighted by molar-refractivity contribution is 5.62. The number of rotatable bonds is 1. The molecule has 0 radical (unpaired) electrons. The Kier molecular flexibility index (Phi) is 2.63. The predicted molar refractivity (Wildman–Crippen MR) is 57.7 cm³/mol. The summed E-state index contributed by atoms with van der Waals surface area (Å²) in [6, 6.07) is 3.51. The zero-order valence-electron chi connectivity index (χ0n) is 8.83. The van der Waals surface area contributed by atoms with Crippen LogP contribution in [0.2, 0.25) is 0 Å². The van der Waals surface area contributed by atoms with E-state index < -0.39 is 22.9 Å². The van der Waals surface area contributed by atoms with Gasteiger partial charge in [0.15, 0.2) is 11.6 Å². The van der Waals surface area contributed by atoms with Crippen molar-refractivity contribution >= 4 is 0 Å². The van der Waals surface area contributed by atoms with Gasteiger partial charge < -0.3 is 4.98 Å². The number of halogens is 2. The van der Waals surface area contributed by atoms with Gasteiger partial charge in [0.05, 0.1) is 5.56 Å². The minimum Gasteiger partial charge on any atom is -0.313 e. The van der Waals surface area contributed by atoms with Crippen molar-refractivity contribution in [3.8, 4) is 11.1 Å². The Morgan fingerprint density at radius 1 is 1.18 bits per heavy atom. The lowest BCUT2D eigenvalue weighted by Crippen LogP contribution is -2.33. The lowest BCUT2D eigenvalue weighted by Gasteiger charge is -2.04. The molecule has 0 aliphatic heterocycles. The van der Waals surface area contributed by atoms with E-state index in [1.807, 2.05) is 0 Å². The van der Waals surface area contributed by atoms with E-state index in [2.05, 4.69) is 4.98 Å². The van der Waals surface area contributed by atoms with Gasteiger partial charge in [-0.2, -0.15) is 0 Å². The summed E-state index contributed by atoms with van der Waals surface area (Å²) < 4.78 is 27.3.